The first-order valence-corrected chi connectivity index (χ1v) is 14.5. The summed E-state index contributed by atoms with van der Waals surface area (Å²) in [5, 5.41) is 0. The Labute approximate surface area is 196 Å². The third kappa shape index (κ3) is 22.7. The van der Waals surface area contributed by atoms with Gasteiger partial charge in [0.1, 0.15) is 0 Å². The van der Waals surface area contributed by atoms with Crippen molar-refractivity contribution in [3.63, 3.8) is 0 Å². The number of hydrogen-bond donors (Lipinski definition) is 1. The molecule has 9 heteroatoms. The van der Waals surface area contributed by atoms with E-state index in [4.69, 9.17) is 0 Å². The van der Waals surface area contributed by atoms with E-state index in [0.717, 1.165) is 12.3 Å². The Hall–Kier alpha value is -0.490. The molecule has 0 unspecified atom stereocenters. The van der Waals surface area contributed by atoms with Gasteiger partial charge in [-0.3, -0.25) is 0 Å². The van der Waals surface area contributed by atoms with Crippen molar-refractivity contribution in [1.29, 1.82) is 0 Å². The maximum absolute atomic E-state index is 10.7. The third-order valence-electron chi connectivity index (χ3n) is 5.21. The Balaban J connectivity index is 0.00000118. The molecule has 0 aromatic carbocycles. The van der Waals surface area contributed by atoms with Crippen molar-refractivity contribution in [2.45, 2.75) is 111 Å². The van der Waals surface area contributed by atoms with E-state index in [1.165, 1.54) is 100 Å². The van der Waals surface area contributed by atoms with Crippen LogP contribution in [0.4, 0.5) is 25.2 Å². The third-order valence-corrected chi connectivity index (χ3v) is 5.41. The summed E-state index contributed by atoms with van der Waals surface area (Å²) < 4.78 is 61.7. The van der Waals surface area contributed by atoms with Gasteiger partial charge in [0.15, 0.2) is 17.9 Å². The zero-order valence-corrected chi connectivity index (χ0v) is 21.7. The fraction of sp³-hybridized carbons (Fsp3) is 0.783. The zero-order chi connectivity index (χ0) is 24.7. The van der Waals surface area contributed by atoms with Crippen molar-refractivity contribution < 1.29 is 29.7 Å². The number of pyridine rings is 1. The van der Waals surface area contributed by atoms with Gasteiger partial charge in [-0.25, -0.2) is 0 Å². The molecule has 0 aliphatic heterocycles. The molecule has 0 fully saturated rings. The van der Waals surface area contributed by atoms with E-state index in [0.29, 0.717) is 0 Å². The standard InChI is InChI=1S/C23H41NS.F6P/c1-4-5-6-7-8-9-10-11-12-13-14-15-16-23-20-21(2)19-22(3)24(23)17-18-25;1-7(2,3,4,5)6/h19-20H,4-18H2,1-3H3;/q;-1/p+1. The number of hydrogen-bond acceptors (Lipinski definition) is 1. The van der Waals surface area contributed by atoms with Crippen LogP contribution in [0.25, 0.3) is 0 Å². The molecule has 0 atom stereocenters. The quantitative estimate of drug-likeness (QED) is 0.0788. The molecule has 1 nitrogen and oxygen atoms in total. The van der Waals surface area contributed by atoms with Crippen LogP contribution in [0.5, 0.6) is 0 Å². The predicted octanol–water partition coefficient (Wildman–Crippen LogP) is 10.1. The van der Waals surface area contributed by atoms with E-state index in [1.54, 1.807) is 0 Å². The molecule has 0 bridgehead atoms. The van der Waals surface area contributed by atoms with E-state index in [2.05, 4.69) is 50.1 Å². The molecule has 1 aromatic rings. The summed E-state index contributed by atoms with van der Waals surface area (Å²) in [6.07, 6.45) is 18.2. The fourth-order valence-corrected chi connectivity index (χ4v) is 3.99. The topological polar surface area (TPSA) is 3.88 Å². The Morgan fingerprint density at radius 2 is 1.12 bits per heavy atom. The first-order valence-electron chi connectivity index (χ1n) is 11.8. The number of rotatable bonds is 15. The van der Waals surface area contributed by atoms with Gasteiger partial charge in [0.2, 0.25) is 0 Å². The first kappa shape index (κ1) is 31.5. The second kappa shape index (κ2) is 14.0. The zero-order valence-electron chi connectivity index (χ0n) is 19.9. The molecule has 1 heterocycles. The van der Waals surface area contributed by atoms with Crippen molar-refractivity contribution in [2.75, 3.05) is 5.75 Å². The van der Waals surface area contributed by atoms with Crippen molar-refractivity contribution >= 4 is 20.4 Å². The molecule has 0 aliphatic carbocycles. The Morgan fingerprint density at radius 1 is 0.719 bits per heavy atom. The molecule has 0 saturated heterocycles. The van der Waals surface area contributed by atoms with E-state index < -0.39 is 7.81 Å². The van der Waals surface area contributed by atoms with Crippen LogP contribution in [-0.2, 0) is 13.0 Å². The van der Waals surface area contributed by atoms with Gasteiger partial charge >= 0.3 is 33.0 Å². The molecule has 0 radical (unpaired) electrons. The molecular weight excluding hydrogens is 467 g/mol. The van der Waals surface area contributed by atoms with Gasteiger partial charge in [0, 0.05) is 31.2 Å². The summed E-state index contributed by atoms with van der Waals surface area (Å²) in [5.74, 6) is 0.917. The SMILES string of the molecule is CCCCCCCCCCCCCCc1cc(C)cc(C)[n+]1CCS.F[P-](F)(F)(F)(F)F. The second-order valence-electron chi connectivity index (χ2n) is 8.64. The van der Waals surface area contributed by atoms with Crippen LogP contribution in [0.2, 0.25) is 0 Å². The molecule has 0 saturated carbocycles. The van der Waals surface area contributed by atoms with E-state index >= 15 is 0 Å². The van der Waals surface area contributed by atoms with Crippen LogP contribution in [0.1, 0.15) is 101 Å². The average molecular weight is 510 g/mol. The monoisotopic (exact) mass is 509 g/mol. The van der Waals surface area contributed by atoms with Gasteiger partial charge in [-0.05, 0) is 18.9 Å². The Bertz CT molecular complexity index is 638. The van der Waals surface area contributed by atoms with Crippen molar-refractivity contribution in [3.8, 4) is 0 Å². The fourth-order valence-electron chi connectivity index (χ4n) is 3.79. The molecular formula is C23H42F6NPS. The molecule has 0 N–H and O–H groups in total. The molecule has 1 rings (SSSR count). The number of nitrogens with zero attached hydrogens (tertiary/aromatic N) is 1. The summed E-state index contributed by atoms with van der Waals surface area (Å²) in [6.45, 7) is 7.76. The Kier molecular flexibility index (Phi) is 13.8. The van der Waals surface area contributed by atoms with Crippen LogP contribution in [0.3, 0.4) is 0 Å². The van der Waals surface area contributed by atoms with Crippen molar-refractivity contribution in [2.24, 2.45) is 0 Å². The van der Waals surface area contributed by atoms with Gasteiger partial charge in [0.25, 0.3) is 0 Å². The minimum absolute atomic E-state index is 0.917. The summed E-state index contributed by atoms with van der Waals surface area (Å²) >= 11 is 4.42. The van der Waals surface area contributed by atoms with E-state index in [1.807, 2.05) is 0 Å². The normalized spacial score (nSPS) is 13.8. The van der Waals surface area contributed by atoms with Crippen LogP contribution < -0.4 is 4.57 Å². The van der Waals surface area contributed by atoms with Crippen LogP contribution in [-0.4, -0.2) is 5.75 Å². The van der Waals surface area contributed by atoms with Crippen molar-refractivity contribution in [3.05, 3.63) is 29.1 Å². The van der Waals surface area contributed by atoms with E-state index in [-0.39, 0.29) is 0 Å². The van der Waals surface area contributed by atoms with E-state index in [9.17, 15) is 25.2 Å². The Morgan fingerprint density at radius 3 is 1.53 bits per heavy atom. The van der Waals surface area contributed by atoms with Gasteiger partial charge in [-0.2, -0.15) is 17.2 Å². The summed E-state index contributed by atoms with van der Waals surface area (Å²) in [7, 11) is -10.7. The number of aromatic nitrogens is 1. The van der Waals surface area contributed by atoms with Crippen LogP contribution in [0.15, 0.2) is 12.1 Å². The van der Waals surface area contributed by atoms with Gasteiger partial charge < -0.3 is 0 Å². The number of halogens is 6. The summed E-state index contributed by atoms with van der Waals surface area (Å²) in [6, 6.07) is 4.66. The predicted molar refractivity (Wildman–Crippen MR) is 128 cm³/mol. The van der Waals surface area contributed by atoms with Crippen molar-refractivity contribution in [1.82, 2.24) is 0 Å². The molecule has 1 aromatic heterocycles. The van der Waals surface area contributed by atoms with Crippen LogP contribution >= 0.6 is 20.4 Å². The average Bonchev–Trinajstić information content (AvgIpc) is 2.62. The summed E-state index contributed by atoms with van der Waals surface area (Å²) in [5.41, 5.74) is 4.27. The summed E-state index contributed by atoms with van der Waals surface area (Å²) in [4.78, 5) is 0. The minimum atomic E-state index is -10.7. The molecule has 192 valence electrons. The molecule has 0 aliphatic rings. The van der Waals surface area contributed by atoms with Crippen LogP contribution in [0, 0.1) is 13.8 Å². The number of unbranched alkanes of at least 4 members (excludes halogenated alkanes) is 11. The molecule has 32 heavy (non-hydrogen) atoms. The molecule has 0 amide bonds. The number of aryl methyl sites for hydroxylation is 3. The second-order valence-corrected chi connectivity index (χ2v) is 11.0. The molecule has 0 spiro atoms. The number of thiol groups is 1. The van der Waals surface area contributed by atoms with Gasteiger partial charge in [0.05, 0.1) is 0 Å². The maximum atomic E-state index is 9.87. The van der Waals surface area contributed by atoms with Gasteiger partial charge in [-0.15, -0.1) is 0 Å². The first-order chi connectivity index (χ1) is 14.6. The van der Waals surface area contributed by atoms with Gasteiger partial charge in [-0.1, -0.05) is 77.6 Å².